The summed E-state index contributed by atoms with van der Waals surface area (Å²) in [5.74, 6) is -1.20. The zero-order chi connectivity index (χ0) is 23.2. The topological polar surface area (TPSA) is 104 Å². The number of carbonyl (C=O) groups excluding carboxylic acids is 1. The van der Waals surface area contributed by atoms with Crippen LogP contribution in [0.25, 0.3) is 11.4 Å². The number of benzene rings is 2. The first-order valence-corrected chi connectivity index (χ1v) is 10.9. The molecule has 0 fully saturated rings. The summed E-state index contributed by atoms with van der Waals surface area (Å²) in [5, 5.41) is 19.4. The number of carboxylic acid groups (broad SMARTS) is 1. The predicted molar refractivity (Wildman–Crippen MR) is 121 cm³/mol. The molecule has 162 valence electrons. The predicted octanol–water partition coefficient (Wildman–Crippen LogP) is 4.36. The van der Waals surface area contributed by atoms with Crippen LogP contribution in [0.2, 0.25) is 0 Å². The molecule has 2 aliphatic carbocycles. The molecule has 2 aromatic carbocycles. The maximum atomic E-state index is 12.9. The van der Waals surface area contributed by atoms with E-state index in [0.717, 1.165) is 22.4 Å². The number of carboxylic acids is 1. The zero-order valence-corrected chi connectivity index (χ0v) is 18.0. The second-order valence-electron chi connectivity index (χ2n) is 8.66. The van der Waals surface area contributed by atoms with Gasteiger partial charge in [0.2, 0.25) is 0 Å². The van der Waals surface area contributed by atoms with Crippen molar-refractivity contribution >= 4 is 11.8 Å². The molecule has 6 heteroatoms. The van der Waals surface area contributed by atoms with Crippen LogP contribution < -0.4 is 0 Å². The number of nitrogens with zero attached hydrogens (tertiary/aromatic N) is 3. The molecule has 0 amide bonds. The summed E-state index contributed by atoms with van der Waals surface area (Å²) in [6.45, 7) is 1.86. The highest BCUT2D eigenvalue weighted by atomic mass is 16.4. The highest BCUT2D eigenvalue weighted by molar-refractivity contribution is 6.02. The molecule has 0 radical (unpaired) electrons. The van der Waals surface area contributed by atoms with E-state index in [-0.39, 0.29) is 22.8 Å². The quantitative estimate of drug-likeness (QED) is 0.656. The van der Waals surface area contributed by atoms with E-state index in [0.29, 0.717) is 18.7 Å². The van der Waals surface area contributed by atoms with E-state index in [1.807, 2.05) is 49.5 Å². The maximum Gasteiger partial charge on any atom is 0.335 e. The summed E-state index contributed by atoms with van der Waals surface area (Å²) >= 11 is 0. The molecule has 1 N–H and O–H groups in total. The van der Waals surface area contributed by atoms with Crippen LogP contribution in [-0.2, 0) is 16.6 Å². The fourth-order valence-corrected chi connectivity index (χ4v) is 5.37. The molecule has 3 aromatic rings. The third kappa shape index (κ3) is 3.16. The van der Waals surface area contributed by atoms with Crippen LogP contribution in [0.5, 0.6) is 0 Å². The Morgan fingerprint density at radius 2 is 1.97 bits per heavy atom. The van der Waals surface area contributed by atoms with Crippen LogP contribution in [0.1, 0.15) is 40.5 Å². The summed E-state index contributed by atoms with van der Waals surface area (Å²) in [5.41, 5.74) is 2.61. The molecule has 0 bridgehead atoms. The number of fused-ring (bicyclic) bond motifs is 3. The molecule has 2 aliphatic rings. The Bertz CT molecular complexity index is 1360. The van der Waals surface area contributed by atoms with Gasteiger partial charge in [-0.25, -0.2) is 14.8 Å². The SMILES string of the molecule is C[C@@H]1C(=O)C(C#N)=C[C@]2(c3cccc(C(=O)O)c3)c3nc(-c4ccccc4)ncc3CC[C@@H]12. The van der Waals surface area contributed by atoms with E-state index >= 15 is 0 Å². The summed E-state index contributed by atoms with van der Waals surface area (Å²) < 4.78 is 0. The van der Waals surface area contributed by atoms with Gasteiger partial charge in [0, 0.05) is 17.7 Å². The molecule has 0 spiro atoms. The fourth-order valence-electron chi connectivity index (χ4n) is 5.37. The Balaban J connectivity index is 1.85. The second kappa shape index (κ2) is 7.79. The van der Waals surface area contributed by atoms with Crippen molar-refractivity contribution < 1.29 is 14.7 Å². The summed E-state index contributed by atoms with van der Waals surface area (Å²) in [6, 6.07) is 18.5. The number of hydrogen-bond donors (Lipinski definition) is 1. The van der Waals surface area contributed by atoms with Gasteiger partial charge < -0.3 is 5.11 Å². The zero-order valence-electron chi connectivity index (χ0n) is 18.0. The fraction of sp³-hybridized carbons (Fsp3) is 0.222. The Morgan fingerprint density at radius 3 is 2.70 bits per heavy atom. The molecular weight excluding hydrogens is 414 g/mol. The van der Waals surface area contributed by atoms with Crippen molar-refractivity contribution in [3.63, 3.8) is 0 Å². The average molecular weight is 435 g/mol. The number of hydrogen-bond acceptors (Lipinski definition) is 5. The van der Waals surface area contributed by atoms with Crippen LogP contribution in [-0.4, -0.2) is 26.8 Å². The summed E-state index contributed by atoms with van der Waals surface area (Å²) in [7, 11) is 0. The maximum absolute atomic E-state index is 12.9. The number of aromatic carboxylic acids is 1. The van der Waals surface area contributed by atoms with Crippen molar-refractivity contribution in [1.82, 2.24) is 9.97 Å². The molecule has 3 atom stereocenters. The number of ketones is 1. The molecule has 1 aromatic heterocycles. The van der Waals surface area contributed by atoms with Crippen molar-refractivity contribution in [2.75, 3.05) is 0 Å². The number of allylic oxidation sites excluding steroid dienone is 2. The minimum atomic E-state index is -1.03. The van der Waals surface area contributed by atoms with Crippen LogP contribution in [0, 0.1) is 23.2 Å². The van der Waals surface area contributed by atoms with Crippen molar-refractivity contribution in [1.29, 1.82) is 5.26 Å². The number of nitriles is 1. The lowest BCUT2D eigenvalue weighted by Gasteiger charge is -2.48. The summed E-state index contributed by atoms with van der Waals surface area (Å²) in [6.07, 6.45) is 4.97. The first kappa shape index (κ1) is 20.8. The number of rotatable bonds is 3. The van der Waals surface area contributed by atoms with E-state index in [1.54, 1.807) is 24.3 Å². The molecule has 0 unspecified atom stereocenters. The van der Waals surface area contributed by atoms with Gasteiger partial charge in [-0.3, -0.25) is 4.79 Å². The van der Waals surface area contributed by atoms with Crippen LogP contribution in [0.15, 0.2) is 72.4 Å². The van der Waals surface area contributed by atoms with Crippen molar-refractivity contribution in [2.24, 2.45) is 11.8 Å². The largest absolute Gasteiger partial charge is 0.478 e. The van der Waals surface area contributed by atoms with E-state index in [2.05, 4.69) is 11.1 Å². The van der Waals surface area contributed by atoms with Gasteiger partial charge in [0.25, 0.3) is 0 Å². The number of aromatic nitrogens is 2. The molecule has 0 aliphatic heterocycles. The highest BCUT2D eigenvalue weighted by Gasteiger charge is 2.53. The monoisotopic (exact) mass is 435 g/mol. The van der Waals surface area contributed by atoms with Gasteiger partial charge in [0.15, 0.2) is 11.6 Å². The smallest absolute Gasteiger partial charge is 0.335 e. The third-order valence-electron chi connectivity index (χ3n) is 6.96. The van der Waals surface area contributed by atoms with Gasteiger partial charge in [-0.1, -0.05) is 49.4 Å². The highest BCUT2D eigenvalue weighted by Crippen LogP contribution is 2.53. The van der Waals surface area contributed by atoms with Crippen molar-refractivity contribution in [2.45, 2.75) is 25.2 Å². The van der Waals surface area contributed by atoms with Gasteiger partial charge >= 0.3 is 5.97 Å². The average Bonchev–Trinajstić information content (AvgIpc) is 2.86. The van der Waals surface area contributed by atoms with Crippen LogP contribution in [0.3, 0.4) is 0 Å². The van der Waals surface area contributed by atoms with Gasteiger partial charge in [0.1, 0.15) is 6.07 Å². The molecule has 33 heavy (non-hydrogen) atoms. The Labute approximate surface area is 191 Å². The van der Waals surface area contributed by atoms with Gasteiger partial charge in [0.05, 0.1) is 22.2 Å². The normalized spacial score (nSPS) is 23.6. The van der Waals surface area contributed by atoms with Crippen molar-refractivity contribution in [3.8, 4) is 17.5 Å². The first-order valence-electron chi connectivity index (χ1n) is 10.9. The minimum Gasteiger partial charge on any atom is -0.478 e. The second-order valence-corrected chi connectivity index (χ2v) is 8.66. The lowest BCUT2D eigenvalue weighted by molar-refractivity contribution is -0.121. The number of Topliss-reactive ketones (excluding diaryl/α,β-unsaturated/α-hetero) is 1. The standard InChI is InChI=1S/C27H21N3O3/c1-16-22-11-10-19-15-29-25(17-6-3-2-4-7-17)30-24(19)27(22,13-20(14-28)23(16)31)21-9-5-8-18(12-21)26(32)33/h2-9,12-13,15-16,22H,10-11H2,1H3,(H,32,33)/t16-,22-,27+/m0/s1. The molecular formula is C27H21N3O3. The molecule has 0 saturated carbocycles. The molecule has 0 saturated heterocycles. The molecule has 5 rings (SSSR count). The summed E-state index contributed by atoms with van der Waals surface area (Å²) in [4.78, 5) is 34.3. The lowest BCUT2D eigenvalue weighted by atomic mass is 9.54. The minimum absolute atomic E-state index is 0.0900. The van der Waals surface area contributed by atoms with E-state index in [9.17, 15) is 20.0 Å². The van der Waals surface area contributed by atoms with E-state index in [1.165, 1.54) is 0 Å². The van der Waals surface area contributed by atoms with Gasteiger partial charge in [-0.2, -0.15) is 5.26 Å². The van der Waals surface area contributed by atoms with Crippen molar-refractivity contribution in [3.05, 3.63) is 94.8 Å². The lowest BCUT2D eigenvalue weighted by Crippen LogP contribution is -2.48. The van der Waals surface area contributed by atoms with E-state index < -0.39 is 17.3 Å². The van der Waals surface area contributed by atoms with Crippen LogP contribution in [0.4, 0.5) is 0 Å². The first-order chi connectivity index (χ1) is 16.0. The Hall–Kier alpha value is -4.11. The molecule has 1 heterocycles. The third-order valence-corrected chi connectivity index (χ3v) is 6.96. The van der Waals surface area contributed by atoms with Gasteiger partial charge in [-0.05, 0) is 48.1 Å². The van der Waals surface area contributed by atoms with Crippen LogP contribution >= 0.6 is 0 Å². The Kier molecular flexibility index (Phi) is 4.90. The number of carbonyl (C=O) groups is 2. The van der Waals surface area contributed by atoms with Gasteiger partial charge in [-0.15, -0.1) is 0 Å². The molecule has 6 nitrogen and oxygen atoms in total. The Morgan fingerprint density at radius 1 is 1.18 bits per heavy atom. The number of aryl methyl sites for hydroxylation is 1. The van der Waals surface area contributed by atoms with E-state index in [4.69, 9.17) is 4.98 Å².